The smallest absolute Gasteiger partial charge is 1.00 e. The Balaban J connectivity index is 0.000000309. The zero-order chi connectivity index (χ0) is 68.1. The van der Waals surface area contributed by atoms with E-state index in [-0.39, 0.29) is 144 Å². The van der Waals surface area contributed by atoms with Crippen LogP contribution in [0.4, 0.5) is 22.7 Å². The van der Waals surface area contributed by atoms with Crippen LogP contribution in [-0.2, 0) is 61.0 Å². The Morgan fingerprint density at radius 2 is 0.730 bits per heavy atom. The molecule has 2 aliphatic heterocycles. The molecule has 100 heavy (non-hydrogen) atoms. The summed E-state index contributed by atoms with van der Waals surface area (Å²) < 4.78 is 111. The number of fused-ring (bicyclic) bond motifs is 20. The van der Waals surface area contributed by atoms with Crippen molar-refractivity contribution in [1.29, 1.82) is 0 Å². The molecule has 1 radical (unpaired) electrons. The number of rotatable bonds is 8. The molecule has 0 fully saturated rings. The molecule has 486 valence electrons. The molecule has 24 nitrogen and oxygen atoms in total. The number of halogens is 2. The van der Waals surface area contributed by atoms with E-state index in [0.717, 1.165) is 46.8 Å². The number of para-hydroxylation sites is 3. The fourth-order valence-corrected chi connectivity index (χ4v) is 10.3. The molecule has 14 rings (SSSR count). The SMILES string of the molecule is O=S(=O)([O-])c1ccc(Oc2cccc3c2-c2nc-3nc3[n-]c(nc4nc(nc5[n-]c(n2)c2ccccc52)-c2cccc(Oc5cc[c-]cc5)c2-4)c2ccccc32)cc1.O=S(=O)=O.[C-]#[N+]c1cccc(Oc2ccc(S(=O)(=O)[O-])cc2)c1[N+]#[C-].[C-]#[N+]c1ccccc1[N+]#[C-].[Cl][Cu][Cl].[Cu+2].[Na+].[Na+].[Na+]. The van der Waals surface area contributed by atoms with Gasteiger partial charge < -0.3 is 53.2 Å². The summed E-state index contributed by atoms with van der Waals surface area (Å²) in [6, 6.07) is 58.1. The van der Waals surface area contributed by atoms with Crippen LogP contribution in [-0.4, -0.2) is 68.5 Å². The molecule has 8 bridgehead atoms. The number of ether oxygens (including phenoxy) is 3. The topological polar surface area (TPSA) is 316 Å². The van der Waals surface area contributed by atoms with E-state index in [2.05, 4.69) is 45.6 Å². The van der Waals surface area contributed by atoms with Gasteiger partial charge in [0, 0.05) is 39.5 Å². The molecular weight excluding hydrogens is 1520 g/mol. The average Bonchev–Trinajstić information content (AvgIpc) is 1.60. The summed E-state index contributed by atoms with van der Waals surface area (Å²) in [7, 11) is -2.92. The van der Waals surface area contributed by atoms with Crippen molar-refractivity contribution >= 4 is 118 Å². The van der Waals surface area contributed by atoms with Crippen LogP contribution in [0, 0.1) is 32.4 Å². The monoisotopic (exact) mass is 1550 g/mol. The van der Waals surface area contributed by atoms with Gasteiger partial charge in [-0.25, -0.2) is 36.5 Å². The minimum absolute atomic E-state index is 0. The van der Waals surface area contributed by atoms with E-state index in [9.17, 15) is 25.9 Å². The third-order valence-electron chi connectivity index (χ3n) is 13.4. The summed E-state index contributed by atoms with van der Waals surface area (Å²) in [5.41, 5.74) is 5.10. The quantitative estimate of drug-likeness (QED) is 0.0946. The number of aromatic nitrogens is 8. The van der Waals surface area contributed by atoms with Crippen molar-refractivity contribution in [2.45, 2.75) is 9.79 Å². The van der Waals surface area contributed by atoms with Crippen LogP contribution in [0.2, 0.25) is 0 Å². The van der Waals surface area contributed by atoms with Gasteiger partial charge in [0.1, 0.15) is 49.0 Å². The Kier molecular flexibility index (Phi) is 29.8. The van der Waals surface area contributed by atoms with Crippen LogP contribution in [0.25, 0.3) is 109 Å². The standard InChI is InChI=1S/C44H23N8O5S.C14H8N2O4S.C8H4N2.2ClH.2Cu.3Na.O3S/c53-58(54,55)26-22-20-25(21-23-26)57-34-19-9-17-32-36(34)44-50-40-30-15-7-5-13-28(30)37(46-40)47-41-31-16-8-18-33(56-24-10-2-1-3-11-24)35(31)43(51-41)49-39-29-14-6-4-12-27(29)38(45-39)48-42(32)52-44;1-15-12-4-3-5-13(14(12)16-2)20-10-6-8-11(9-7-10)21(17,18)19;1-9-7-5-3-4-6-8(7)10-2;;;;;;;;1-4(2)3/h2-23H,(H-2,45,46,47,48,49,50,51,52,53,54,55);3-9H,(H,17,18,19);3-6H;2*1H;;;;;;/q-3;;;;;2*+2;3*+1;/p-4. The zero-order valence-corrected chi connectivity index (χ0v) is 63.2. The number of benzene rings is 9. The van der Waals surface area contributed by atoms with E-state index < -0.39 is 30.8 Å². The molecule has 9 aromatic carbocycles. The third kappa shape index (κ3) is 19.4. The van der Waals surface area contributed by atoms with Crippen molar-refractivity contribution in [3.8, 4) is 80.0 Å². The molecule has 2 aliphatic rings. The van der Waals surface area contributed by atoms with Crippen LogP contribution < -0.4 is 113 Å². The first kappa shape index (κ1) is 80.7. The molecule has 5 heterocycles. The van der Waals surface area contributed by atoms with Gasteiger partial charge in [0.2, 0.25) is 5.69 Å². The van der Waals surface area contributed by atoms with Gasteiger partial charge in [0.25, 0.3) is 0 Å². The molecule has 0 N–H and O–H groups in total. The second kappa shape index (κ2) is 36.9. The van der Waals surface area contributed by atoms with Gasteiger partial charge in [-0.3, -0.25) is 9.69 Å². The van der Waals surface area contributed by atoms with Crippen LogP contribution in [0.3, 0.4) is 0 Å². The minimum Gasteiger partial charge on any atom is 1.00 e. The summed E-state index contributed by atoms with van der Waals surface area (Å²) in [6.07, 6.45) is 0. The Labute approximate surface area is 663 Å². The van der Waals surface area contributed by atoms with E-state index in [1.807, 2.05) is 84.9 Å². The Bertz CT molecular complexity index is 5720. The van der Waals surface area contributed by atoms with Gasteiger partial charge in [-0.05, 0) is 88.3 Å². The predicted octanol–water partition coefficient (Wildman–Crippen LogP) is 6.07. The molecule has 0 spiro atoms. The van der Waals surface area contributed by atoms with Crippen molar-refractivity contribution in [3.63, 3.8) is 0 Å². The second-order valence-electron chi connectivity index (χ2n) is 19.1. The Morgan fingerprint density at radius 3 is 1.08 bits per heavy atom. The Hall–Kier alpha value is -8.24. The van der Waals surface area contributed by atoms with Crippen molar-refractivity contribution in [3.05, 3.63) is 252 Å². The van der Waals surface area contributed by atoms with Crippen molar-refractivity contribution in [2.75, 3.05) is 0 Å². The van der Waals surface area contributed by atoms with Crippen LogP contribution >= 0.6 is 20.2 Å². The molecule has 0 atom stereocenters. The fourth-order valence-electron chi connectivity index (χ4n) is 9.38. The van der Waals surface area contributed by atoms with Crippen molar-refractivity contribution in [2.24, 2.45) is 0 Å². The Morgan fingerprint density at radius 1 is 0.420 bits per heavy atom. The molecule has 3 aromatic heterocycles. The molecule has 0 saturated heterocycles. The van der Waals surface area contributed by atoms with E-state index in [1.54, 1.807) is 54.6 Å². The normalized spacial score (nSPS) is 10.4. The molecule has 0 aliphatic carbocycles. The van der Waals surface area contributed by atoms with Gasteiger partial charge in [0.15, 0.2) is 17.1 Å². The van der Waals surface area contributed by atoms with Gasteiger partial charge in [0.05, 0.1) is 70.5 Å². The molecule has 0 unspecified atom stereocenters. The first-order chi connectivity index (χ1) is 46.3. The summed E-state index contributed by atoms with van der Waals surface area (Å²) in [5.74, 6) is 3.60. The van der Waals surface area contributed by atoms with Gasteiger partial charge >= 0.3 is 150 Å². The van der Waals surface area contributed by atoms with Crippen molar-refractivity contribution in [1.82, 2.24) is 39.9 Å². The minimum atomic E-state index is -4.64. The summed E-state index contributed by atoms with van der Waals surface area (Å²) in [6.45, 7) is 27.4. The van der Waals surface area contributed by atoms with Crippen LogP contribution in [0.15, 0.2) is 210 Å². The average molecular weight is 1550 g/mol. The largest absolute Gasteiger partial charge is 2.00 e. The predicted molar refractivity (Wildman–Crippen MR) is 348 cm³/mol. The molecule has 0 saturated carbocycles. The number of nitrogens with zero attached hydrogens (tertiary/aromatic N) is 12. The molecule has 34 heteroatoms. The molecular formula is C66H33Cl2Cu2N12Na3O12S3. The number of hydrogen-bond donors (Lipinski definition) is 0. The zero-order valence-electron chi connectivity index (χ0n) is 51.4. The summed E-state index contributed by atoms with van der Waals surface area (Å²) >= 11 is 0.757. The van der Waals surface area contributed by atoms with Gasteiger partial charge in [-0.1, -0.05) is 109 Å². The maximum absolute atomic E-state index is 11.6. The second-order valence-corrected chi connectivity index (χ2v) is 23.9. The fraction of sp³-hybridized carbons (Fsp3) is 0. The van der Waals surface area contributed by atoms with E-state index in [4.69, 9.17) is 93.0 Å². The van der Waals surface area contributed by atoms with E-state index in [0.29, 0.717) is 96.7 Å². The van der Waals surface area contributed by atoms with Gasteiger partial charge in [-0.2, -0.15) is 18.2 Å². The first-order valence-corrected chi connectivity index (χ1v) is 33.3. The maximum Gasteiger partial charge on any atom is 2.00 e. The van der Waals surface area contributed by atoms with E-state index >= 15 is 0 Å². The summed E-state index contributed by atoms with van der Waals surface area (Å²) in [4.78, 5) is 52.1. The molecule has 0 amide bonds. The number of hydrogen-bond acceptors (Lipinski definition) is 18. The summed E-state index contributed by atoms with van der Waals surface area (Å²) in [5, 5.41) is 2.96. The van der Waals surface area contributed by atoms with Crippen LogP contribution in [0.5, 0.6) is 34.5 Å². The van der Waals surface area contributed by atoms with E-state index in [1.165, 1.54) is 48.5 Å². The molecule has 12 aromatic rings. The van der Waals surface area contributed by atoms with Crippen LogP contribution in [0.1, 0.15) is 0 Å². The first-order valence-electron chi connectivity index (χ1n) is 26.9. The van der Waals surface area contributed by atoms with Gasteiger partial charge in [-0.15, -0.1) is 24.8 Å². The third-order valence-corrected chi connectivity index (χ3v) is 15.1. The van der Waals surface area contributed by atoms with Crippen molar-refractivity contribution < 1.29 is 172 Å². The maximum atomic E-state index is 11.6.